The first-order chi connectivity index (χ1) is 37.6. The van der Waals surface area contributed by atoms with Crippen LogP contribution in [-0.2, 0) is 0 Å². The molecule has 3 heterocycles. The van der Waals surface area contributed by atoms with Crippen molar-refractivity contribution in [2.24, 2.45) is 0 Å². The monoisotopic (exact) mass is 1010 g/mol. The molecule has 0 aliphatic carbocycles. The third-order valence-electron chi connectivity index (χ3n) is 15.2. The quantitative estimate of drug-likeness (QED) is 0.0954. The zero-order valence-electron chi connectivity index (χ0n) is 41.3. The second kappa shape index (κ2) is 18.7. The Labute approximate surface area is 442 Å². The van der Waals surface area contributed by atoms with E-state index < -0.39 is 16.1 Å². The molecule has 0 N–H and O–H groups in total. The van der Waals surface area contributed by atoms with Crippen molar-refractivity contribution in [3.8, 4) is 34.2 Å². The molecule has 0 atom stereocenters. The van der Waals surface area contributed by atoms with Crippen LogP contribution >= 0.6 is 0 Å². The maximum absolute atomic E-state index is 6.63. The number of aromatic nitrogens is 3. The Balaban J connectivity index is 0.979. The lowest BCUT2D eigenvalue weighted by Gasteiger charge is -2.34. The smallest absolute Gasteiger partial charge is 0.179 e. The minimum Gasteiger partial charge on any atom is -0.456 e. The van der Waals surface area contributed by atoms with Crippen LogP contribution in [0.15, 0.2) is 294 Å². The number of fused-ring (bicyclic) bond motifs is 6. The minimum absolute atomic E-state index is 0.595. The zero-order chi connectivity index (χ0) is 50.5. The standard InChI is InChI=1S/C69H47N3O2Si2/c1-6-22-48(23-7-1)67-70-68(49-24-20-34-55(44-49)75(51-26-8-2-9-27-51,52-28-10-3-11-29-52)57-40-42-61-59-36-16-18-38-63(59)73-65(61)46-57)72-69(71-67)50-25-21-35-56(45-50)76(53-30-12-4-13-31-53,54-32-14-5-15-33-54)58-41-43-62-60-37-17-19-39-64(60)74-66(62)47-58/h1-47H. The van der Waals surface area contributed by atoms with Crippen LogP contribution in [-0.4, -0.2) is 31.1 Å². The van der Waals surface area contributed by atoms with Crippen LogP contribution in [0.2, 0.25) is 0 Å². The van der Waals surface area contributed by atoms with Gasteiger partial charge in [-0.3, -0.25) is 0 Å². The number of hydrogen-bond acceptors (Lipinski definition) is 5. The summed E-state index contributed by atoms with van der Waals surface area (Å²) in [6, 6.07) is 102. The van der Waals surface area contributed by atoms with Crippen molar-refractivity contribution in [2.45, 2.75) is 0 Å². The van der Waals surface area contributed by atoms with Crippen molar-refractivity contribution in [1.82, 2.24) is 15.0 Å². The molecule has 0 radical (unpaired) electrons. The molecular formula is C69H47N3O2Si2. The summed E-state index contributed by atoms with van der Waals surface area (Å²) < 4.78 is 13.3. The molecule has 0 spiro atoms. The van der Waals surface area contributed by atoms with Gasteiger partial charge in [0, 0.05) is 38.2 Å². The van der Waals surface area contributed by atoms with Crippen molar-refractivity contribution in [1.29, 1.82) is 0 Å². The summed E-state index contributed by atoms with van der Waals surface area (Å²) in [4.78, 5) is 16.2. The van der Waals surface area contributed by atoms with Gasteiger partial charge in [0.1, 0.15) is 22.3 Å². The lowest BCUT2D eigenvalue weighted by Crippen LogP contribution is -2.74. The van der Waals surface area contributed by atoms with Crippen LogP contribution in [0, 0.1) is 0 Å². The molecule has 0 aliphatic heterocycles. The van der Waals surface area contributed by atoms with Gasteiger partial charge in [0.15, 0.2) is 33.6 Å². The van der Waals surface area contributed by atoms with E-state index in [1.807, 2.05) is 42.5 Å². The SMILES string of the molecule is c1ccc(-c2nc(-c3cccc([Si](c4ccccc4)(c4ccccc4)c4ccc5c(c4)oc4ccccc45)c3)nc(-c3cccc([Si](c4ccccc4)(c4ccccc4)c4ccc5c(c4)oc4ccccc45)c3)n2)cc1. The van der Waals surface area contributed by atoms with E-state index >= 15 is 0 Å². The number of para-hydroxylation sites is 2. The Hall–Kier alpha value is -9.54. The highest BCUT2D eigenvalue weighted by Crippen LogP contribution is 2.31. The maximum Gasteiger partial charge on any atom is 0.179 e. The summed E-state index contributed by atoms with van der Waals surface area (Å²) in [6.07, 6.45) is 0. The van der Waals surface area contributed by atoms with Gasteiger partial charge < -0.3 is 8.83 Å². The topological polar surface area (TPSA) is 65.0 Å². The number of benzene rings is 11. The largest absolute Gasteiger partial charge is 0.456 e. The van der Waals surface area contributed by atoms with Crippen molar-refractivity contribution >= 4 is 102 Å². The van der Waals surface area contributed by atoms with E-state index in [9.17, 15) is 0 Å². The molecule has 3 aromatic heterocycles. The van der Waals surface area contributed by atoms with Gasteiger partial charge in [0.2, 0.25) is 0 Å². The van der Waals surface area contributed by atoms with Gasteiger partial charge in [0.25, 0.3) is 0 Å². The van der Waals surface area contributed by atoms with Crippen molar-refractivity contribution < 1.29 is 8.83 Å². The zero-order valence-corrected chi connectivity index (χ0v) is 43.3. The summed E-state index contributed by atoms with van der Waals surface area (Å²) in [6.45, 7) is 0. The first-order valence-electron chi connectivity index (χ1n) is 25.7. The predicted molar refractivity (Wildman–Crippen MR) is 318 cm³/mol. The van der Waals surface area contributed by atoms with Gasteiger partial charge in [-0.1, -0.05) is 261 Å². The lowest BCUT2D eigenvalue weighted by atomic mass is 10.1. The average Bonchev–Trinajstić information content (AvgIpc) is 4.13. The first-order valence-corrected chi connectivity index (χ1v) is 29.7. The Kier molecular flexibility index (Phi) is 11.1. The predicted octanol–water partition coefficient (Wildman–Crippen LogP) is 11.4. The molecule has 0 fully saturated rings. The van der Waals surface area contributed by atoms with Gasteiger partial charge in [0.05, 0.1) is 0 Å². The van der Waals surface area contributed by atoms with E-state index in [0.717, 1.165) is 60.6 Å². The highest BCUT2D eigenvalue weighted by Gasteiger charge is 2.43. The summed E-state index contributed by atoms with van der Waals surface area (Å²) >= 11 is 0. The summed E-state index contributed by atoms with van der Waals surface area (Å²) in [5.41, 5.74) is 6.22. The van der Waals surface area contributed by atoms with Gasteiger partial charge in [-0.15, -0.1) is 0 Å². The van der Waals surface area contributed by atoms with E-state index in [2.05, 4.69) is 243 Å². The number of furan rings is 2. The average molecular weight is 1010 g/mol. The summed E-state index contributed by atoms with van der Waals surface area (Å²) in [5.74, 6) is 1.79. The van der Waals surface area contributed by atoms with E-state index in [4.69, 9.17) is 23.8 Å². The van der Waals surface area contributed by atoms with E-state index in [0.29, 0.717) is 17.5 Å². The highest BCUT2D eigenvalue weighted by atomic mass is 28.3. The Bertz CT molecular complexity index is 4070. The van der Waals surface area contributed by atoms with E-state index in [1.54, 1.807) is 0 Å². The lowest BCUT2D eigenvalue weighted by molar-refractivity contribution is 0.669. The van der Waals surface area contributed by atoms with Gasteiger partial charge in [-0.2, -0.15) is 0 Å². The van der Waals surface area contributed by atoms with Crippen LogP contribution in [0.1, 0.15) is 0 Å². The third kappa shape index (κ3) is 7.47. The molecule has 0 unspecified atom stereocenters. The van der Waals surface area contributed by atoms with Crippen LogP contribution in [0.4, 0.5) is 0 Å². The van der Waals surface area contributed by atoms with Crippen LogP contribution < -0.4 is 41.5 Å². The van der Waals surface area contributed by atoms with Crippen molar-refractivity contribution in [3.63, 3.8) is 0 Å². The Morgan fingerprint density at radius 3 is 0.895 bits per heavy atom. The number of nitrogens with zero attached hydrogens (tertiary/aromatic N) is 3. The molecule has 0 amide bonds. The fourth-order valence-electron chi connectivity index (χ4n) is 11.8. The van der Waals surface area contributed by atoms with Gasteiger partial charge >= 0.3 is 0 Å². The normalized spacial score (nSPS) is 11.9. The molecule has 14 aromatic rings. The molecule has 0 aliphatic rings. The Morgan fingerprint density at radius 1 is 0.211 bits per heavy atom. The first kappa shape index (κ1) is 45.1. The molecule has 5 nitrogen and oxygen atoms in total. The molecule has 0 saturated carbocycles. The second-order valence-corrected chi connectivity index (χ2v) is 27.0. The fraction of sp³-hybridized carbons (Fsp3) is 0. The Morgan fingerprint density at radius 2 is 0.500 bits per heavy atom. The summed E-state index contributed by atoms with van der Waals surface area (Å²) in [7, 11) is -6.14. The number of hydrogen-bond donors (Lipinski definition) is 0. The van der Waals surface area contributed by atoms with Crippen molar-refractivity contribution in [3.05, 3.63) is 285 Å². The molecule has 358 valence electrons. The molecule has 0 bridgehead atoms. The van der Waals surface area contributed by atoms with E-state index in [-0.39, 0.29) is 0 Å². The maximum atomic E-state index is 6.63. The summed E-state index contributed by atoms with van der Waals surface area (Å²) in [5, 5.41) is 14.3. The third-order valence-corrected chi connectivity index (χ3v) is 24.7. The van der Waals surface area contributed by atoms with Crippen molar-refractivity contribution in [2.75, 3.05) is 0 Å². The number of rotatable bonds is 11. The van der Waals surface area contributed by atoms with Gasteiger partial charge in [-0.05, 0) is 65.8 Å². The molecule has 14 rings (SSSR count). The van der Waals surface area contributed by atoms with Crippen LogP contribution in [0.5, 0.6) is 0 Å². The van der Waals surface area contributed by atoms with Gasteiger partial charge in [-0.25, -0.2) is 15.0 Å². The fourth-order valence-corrected chi connectivity index (χ4v) is 21.4. The highest BCUT2D eigenvalue weighted by molar-refractivity contribution is 7.20. The molecule has 7 heteroatoms. The van der Waals surface area contributed by atoms with Crippen LogP contribution in [0.3, 0.4) is 0 Å². The molecular weight excluding hydrogens is 959 g/mol. The molecule has 76 heavy (non-hydrogen) atoms. The second-order valence-electron chi connectivity index (χ2n) is 19.4. The minimum atomic E-state index is -3.07. The van der Waals surface area contributed by atoms with E-state index in [1.165, 1.54) is 41.5 Å². The molecule has 0 saturated heterocycles. The molecule has 11 aromatic carbocycles. The van der Waals surface area contributed by atoms with Crippen LogP contribution in [0.25, 0.3) is 78.0 Å².